The highest BCUT2D eigenvalue weighted by Gasteiger charge is 2.24. The van der Waals surface area contributed by atoms with E-state index in [4.69, 9.17) is 5.73 Å². The molecule has 1 unspecified atom stereocenters. The van der Waals surface area contributed by atoms with Crippen molar-refractivity contribution >= 4 is 29.1 Å². The minimum atomic E-state index is -0.330. The van der Waals surface area contributed by atoms with E-state index in [1.807, 2.05) is 19.1 Å². The number of aliphatic imine (C=N–C) groups is 1. The van der Waals surface area contributed by atoms with Crippen molar-refractivity contribution in [2.45, 2.75) is 20.0 Å². The number of aryl methyl sites for hydroxylation is 1. The summed E-state index contributed by atoms with van der Waals surface area (Å²) in [5.74, 6) is 0.542. The summed E-state index contributed by atoms with van der Waals surface area (Å²) in [5.41, 5.74) is 9.52. The summed E-state index contributed by atoms with van der Waals surface area (Å²) in [6.45, 7) is 4.06. The molecule has 6 N–H and O–H groups in total. The second kappa shape index (κ2) is 9.75. The van der Waals surface area contributed by atoms with Gasteiger partial charge in [0.1, 0.15) is 23.6 Å². The van der Waals surface area contributed by atoms with Gasteiger partial charge in [-0.15, -0.1) is 0 Å². The van der Waals surface area contributed by atoms with Gasteiger partial charge in [0.25, 0.3) is 0 Å². The molecule has 1 aliphatic heterocycles. The van der Waals surface area contributed by atoms with Crippen LogP contribution in [0.2, 0.25) is 0 Å². The fraction of sp³-hybridized carbons (Fsp3) is 0.227. The summed E-state index contributed by atoms with van der Waals surface area (Å²) in [6, 6.07) is 8.21. The van der Waals surface area contributed by atoms with E-state index < -0.39 is 0 Å². The highest BCUT2D eigenvalue weighted by Crippen LogP contribution is 2.29. The van der Waals surface area contributed by atoms with Crippen molar-refractivity contribution in [3.8, 4) is 0 Å². The van der Waals surface area contributed by atoms with Crippen molar-refractivity contribution < 1.29 is 9.18 Å². The van der Waals surface area contributed by atoms with Gasteiger partial charge in [-0.05, 0) is 61.9 Å². The highest BCUT2D eigenvalue weighted by molar-refractivity contribution is 5.94. The van der Waals surface area contributed by atoms with Crippen LogP contribution in [-0.2, 0) is 0 Å². The number of halogens is 1. The molecular weight excluding hydrogens is 397 g/mol. The normalized spacial score (nSPS) is 16.3. The van der Waals surface area contributed by atoms with E-state index in [2.05, 4.69) is 31.2 Å². The maximum absolute atomic E-state index is 13.8. The Labute approximate surface area is 180 Å². The molecule has 0 saturated heterocycles. The smallest absolute Gasteiger partial charge is 0.320 e. The third-order valence-corrected chi connectivity index (χ3v) is 4.64. The van der Waals surface area contributed by atoms with E-state index >= 15 is 0 Å². The Morgan fingerprint density at radius 1 is 1.26 bits per heavy atom. The minimum Gasteiger partial charge on any atom is -0.384 e. The van der Waals surface area contributed by atoms with E-state index in [9.17, 15) is 9.18 Å². The Balaban J connectivity index is 1.98. The summed E-state index contributed by atoms with van der Waals surface area (Å²) < 4.78 is 13.8. The van der Waals surface area contributed by atoms with Crippen molar-refractivity contribution in [1.29, 1.82) is 0 Å². The lowest BCUT2D eigenvalue weighted by atomic mass is 10.0. The molecule has 0 fully saturated rings. The van der Waals surface area contributed by atoms with Crippen molar-refractivity contribution in [1.82, 2.24) is 20.9 Å². The number of benzene rings is 1. The predicted octanol–water partition coefficient (Wildman–Crippen LogP) is 2.56. The number of carbonyl (C=O) groups is 1. The molecule has 2 aromatic rings. The lowest BCUT2D eigenvalue weighted by molar-refractivity contribution is 0.252. The van der Waals surface area contributed by atoms with Crippen LogP contribution in [0.5, 0.6) is 0 Å². The van der Waals surface area contributed by atoms with Crippen LogP contribution in [-0.4, -0.2) is 36.6 Å². The number of aromatic nitrogens is 1. The van der Waals surface area contributed by atoms with Gasteiger partial charge >= 0.3 is 6.03 Å². The minimum absolute atomic E-state index is 0.261. The van der Waals surface area contributed by atoms with Gasteiger partial charge in [-0.2, -0.15) is 0 Å². The molecule has 1 aromatic carbocycles. The van der Waals surface area contributed by atoms with Crippen LogP contribution >= 0.6 is 0 Å². The molecule has 1 atom stereocenters. The molecule has 0 radical (unpaired) electrons. The van der Waals surface area contributed by atoms with Crippen LogP contribution in [0.4, 0.5) is 15.0 Å². The van der Waals surface area contributed by atoms with E-state index in [1.165, 1.54) is 6.07 Å². The van der Waals surface area contributed by atoms with Gasteiger partial charge < -0.3 is 21.7 Å². The maximum Gasteiger partial charge on any atom is 0.320 e. The average molecular weight is 423 g/mol. The van der Waals surface area contributed by atoms with Gasteiger partial charge in [0, 0.05) is 30.9 Å². The fourth-order valence-electron chi connectivity index (χ4n) is 3.09. The van der Waals surface area contributed by atoms with Gasteiger partial charge in [-0.1, -0.05) is 0 Å². The van der Waals surface area contributed by atoms with E-state index in [-0.39, 0.29) is 18.0 Å². The average Bonchev–Trinajstić information content (AvgIpc) is 3.18. The summed E-state index contributed by atoms with van der Waals surface area (Å²) in [6.07, 6.45) is 4.91. The lowest BCUT2D eigenvalue weighted by Crippen LogP contribution is -2.31. The van der Waals surface area contributed by atoms with Crippen LogP contribution in [0.15, 0.2) is 53.7 Å². The largest absolute Gasteiger partial charge is 0.384 e. The third kappa shape index (κ3) is 5.39. The van der Waals surface area contributed by atoms with Gasteiger partial charge in [-0.3, -0.25) is 10.3 Å². The number of anilines is 1. The molecule has 31 heavy (non-hydrogen) atoms. The molecule has 9 heteroatoms. The molecular formula is C22H26FN7O. The number of nitrogens with two attached hydrogens (primary N) is 1. The first kappa shape index (κ1) is 21.8. The van der Waals surface area contributed by atoms with E-state index in [0.29, 0.717) is 23.8 Å². The Kier molecular flexibility index (Phi) is 6.86. The Hall–Kier alpha value is -3.88. The zero-order chi connectivity index (χ0) is 22.4. The monoisotopic (exact) mass is 423 g/mol. The first-order valence-electron chi connectivity index (χ1n) is 9.87. The van der Waals surface area contributed by atoms with E-state index in [1.54, 1.807) is 44.4 Å². The second-order valence-electron chi connectivity index (χ2n) is 6.90. The molecule has 0 saturated carbocycles. The number of amides is 2. The van der Waals surface area contributed by atoms with Crippen LogP contribution in [0.1, 0.15) is 23.6 Å². The summed E-state index contributed by atoms with van der Waals surface area (Å²) in [5, 5.41) is 12.2. The highest BCUT2D eigenvalue weighted by atomic mass is 19.1. The van der Waals surface area contributed by atoms with Crippen molar-refractivity contribution in [2.24, 2.45) is 10.7 Å². The SMILES string of the molecule is CCNC(=O)Nc1cc(C2=C(c3ccc(F)c(C)c3)NC(/C=C\C(N)=NC)N2)ccn1. The molecule has 2 amide bonds. The second-order valence-corrected chi connectivity index (χ2v) is 6.90. The molecule has 0 spiro atoms. The number of pyridine rings is 1. The number of carbonyl (C=O) groups excluding carboxylic acids is 1. The molecule has 8 nitrogen and oxygen atoms in total. The summed E-state index contributed by atoms with van der Waals surface area (Å²) in [7, 11) is 1.62. The molecule has 2 heterocycles. The first-order chi connectivity index (χ1) is 14.9. The molecule has 162 valence electrons. The zero-order valence-corrected chi connectivity index (χ0v) is 17.7. The third-order valence-electron chi connectivity index (χ3n) is 4.64. The Bertz CT molecular complexity index is 1060. The quantitative estimate of drug-likeness (QED) is 0.362. The van der Waals surface area contributed by atoms with Gasteiger partial charge in [-0.25, -0.2) is 14.2 Å². The van der Waals surface area contributed by atoms with Crippen molar-refractivity contribution in [2.75, 3.05) is 18.9 Å². The molecule has 1 aromatic heterocycles. The fourth-order valence-corrected chi connectivity index (χ4v) is 3.09. The lowest BCUT2D eigenvalue weighted by Gasteiger charge is -2.11. The molecule has 0 bridgehead atoms. The standard InChI is InChI=1S/C22H26FN7O/c1-4-26-22(31)30-19-12-15(9-10-27-19)21-20(14-5-6-16(23)13(2)11-14)28-18(29-21)8-7-17(24)25-3/h5-12,18,28-29H,4H2,1-3H3,(H2,24,25)(H2,26,27,30,31)/b8-7-. The molecule has 0 aliphatic carbocycles. The Morgan fingerprint density at radius 3 is 2.61 bits per heavy atom. The maximum atomic E-state index is 13.8. The van der Waals surface area contributed by atoms with Crippen LogP contribution in [0.25, 0.3) is 11.4 Å². The predicted molar refractivity (Wildman–Crippen MR) is 122 cm³/mol. The van der Waals surface area contributed by atoms with Gasteiger partial charge in [0.2, 0.25) is 0 Å². The van der Waals surface area contributed by atoms with Crippen LogP contribution in [0, 0.1) is 12.7 Å². The van der Waals surface area contributed by atoms with Gasteiger partial charge in [0.05, 0.1) is 11.4 Å². The number of hydrogen-bond acceptors (Lipinski definition) is 5. The molecule has 1 aliphatic rings. The Morgan fingerprint density at radius 2 is 1.97 bits per heavy atom. The van der Waals surface area contributed by atoms with Crippen LogP contribution < -0.4 is 27.0 Å². The molecule has 3 rings (SSSR count). The zero-order valence-electron chi connectivity index (χ0n) is 17.7. The van der Waals surface area contributed by atoms with Crippen molar-refractivity contribution in [3.63, 3.8) is 0 Å². The number of nitrogens with one attached hydrogen (secondary N) is 4. The van der Waals surface area contributed by atoms with Crippen molar-refractivity contribution in [3.05, 3.63) is 71.2 Å². The number of nitrogens with zero attached hydrogens (tertiary/aromatic N) is 2. The van der Waals surface area contributed by atoms with Crippen LogP contribution in [0.3, 0.4) is 0 Å². The summed E-state index contributed by atoms with van der Waals surface area (Å²) >= 11 is 0. The number of hydrogen-bond donors (Lipinski definition) is 5. The van der Waals surface area contributed by atoms with Gasteiger partial charge in [0.15, 0.2) is 0 Å². The summed E-state index contributed by atoms with van der Waals surface area (Å²) in [4.78, 5) is 20.0. The topological polar surface area (TPSA) is 116 Å². The number of rotatable bonds is 6. The van der Waals surface area contributed by atoms with E-state index in [0.717, 1.165) is 22.5 Å². The number of amidine groups is 1. The number of urea groups is 1. The first-order valence-corrected chi connectivity index (χ1v) is 9.87.